The maximum Gasteiger partial charge on any atom is 0.220 e. The summed E-state index contributed by atoms with van der Waals surface area (Å²) in [6.07, 6.45) is 1.09. The molecule has 2 atom stereocenters. The zero-order valence-corrected chi connectivity index (χ0v) is 10.8. The van der Waals surface area contributed by atoms with Crippen molar-refractivity contribution in [1.29, 1.82) is 0 Å². The Labute approximate surface area is 98.4 Å². The third kappa shape index (κ3) is 6.80. The van der Waals surface area contributed by atoms with E-state index in [-0.39, 0.29) is 24.5 Å². The van der Waals surface area contributed by atoms with Crippen molar-refractivity contribution in [3.63, 3.8) is 0 Å². The number of methoxy groups -OCH3 is 1. The van der Waals surface area contributed by atoms with E-state index in [2.05, 4.69) is 5.32 Å². The lowest BCUT2D eigenvalue weighted by Crippen LogP contribution is -2.40. The van der Waals surface area contributed by atoms with Gasteiger partial charge in [0.05, 0.1) is 0 Å². The third-order valence-corrected chi connectivity index (χ3v) is 2.58. The molecule has 0 spiro atoms. The summed E-state index contributed by atoms with van der Waals surface area (Å²) >= 11 is 0. The van der Waals surface area contributed by atoms with Gasteiger partial charge in [0.2, 0.25) is 5.91 Å². The molecule has 0 aliphatic heterocycles. The Morgan fingerprint density at radius 3 is 2.44 bits per heavy atom. The van der Waals surface area contributed by atoms with E-state index in [1.807, 2.05) is 20.8 Å². The van der Waals surface area contributed by atoms with Crippen molar-refractivity contribution in [1.82, 2.24) is 5.32 Å². The normalized spacial score (nSPS) is 14.9. The lowest BCUT2D eigenvalue weighted by Gasteiger charge is -2.22. The summed E-state index contributed by atoms with van der Waals surface area (Å²) in [5, 5.41) is 11.8. The molecule has 0 aliphatic carbocycles. The van der Waals surface area contributed by atoms with Crippen LogP contribution in [-0.2, 0) is 9.53 Å². The van der Waals surface area contributed by atoms with Gasteiger partial charge in [-0.1, -0.05) is 20.8 Å². The molecule has 4 heteroatoms. The number of rotatable bonds is 8. The largest absolute Gasteiger partial charge is 0.396 e. The molecule has 96 valence electrons. The number of carbonyl (C=O) groups is 1. The van der Waals surface area contributed by atoms with Crippen LogP contribution in [0.2, 0.25) is 0 Å². The number of hydrogen-bond acceptors (Lipinski definition) is 3. The number of aliphatic hydroxyl groups excluding tert-OH is 1. The molecule has 2 unspecified atom stereocenters. The van der Waals surface area contributed by atoms with E-state index >= 15 is 0 Å². The highest BCUT2D eigenvalue weighted by Crippen LogP contribution is 2.08. The molecule has 0 aromatic rings. The fraction of sp³-hybridized carbons (Fsp3) is 0.917. The Hall–Kier alpha value is -0.610. The molecule has 0 fully saturated rings. The Morgan fingerprint density at radius 1 is 1.38 bits per heavy atom. The van der Waals surface area contributed by atoms with Gasteiger partial charge in [0.15, 0.2) is 0 Å². The van der Waals surface area contributed by atoms with Gasteiger partial charge in [0, 0.05) is 32.8 Å². The minimum atomic E-state index is 0.0386. The molecule has 0 heterocycles. The Bertz CT molecular complexity index is 195. The second-order valence-corrected chi connectivity index (χ2v) is 4.69. The molecule has 0 saturated carbocycles. The minimum absolute atomic E-state index is 0.0386. The number of ether oxygens (including phenoxy) is 1. The molecular formula is C12H25NO3. The average Bonchev–Trinajstić information content (AvgIpc) is 2.16. The van der Waals surface area contributed by atoms with E-state index in [9.17, 15) is 4.79 Å². The summed E-state index contributed by atoms with van der Waals surface area (Å²) < 4.78 is 4.98. The zero-order chi connectivity index (χ0) is 12.6. The van der Waals surface area contributed by atoms with Gasteiger partial charge in [-0.15, -0.1) is 0 Å². The first-order valence-electron chi connectivity index (χ1n) is 5.90. The SMILES string of the molecule is COCC(C)CC(=O)NC(CCO)C(C)C. The van der Waals surface area contributed by atoms with Crippen LogP contribution in [0.25, 0.3) is 0 Å². The smallest absolute Gasteiger partial charge is 0.220 e. The number of carbonyl (C=O) groups excluding carboxylic acids is 1. The molecule has 0 aliphatic rings. The molecule has 0 aromatic carbocycles. The summed E-state index contributed by atoms with van der Waals surface area (Å²) in [5.74, 6) is 0.609. The van der Waals surface area contributed by atoms with Crippen LogP contribution in [0.5, 0.6) is 0 Å². The molecule has 0 saturated heterocycles. The quantitative estimate of drug-likeness (QED) is 0.659. The van der Waals surface area contributed by atoms with Gasteiger partial charge < -0.3 is 15.2 Å². The maximum absolute atomic E-state index is 11.7. The van der Waals surface area contributed by atoms with Crippen molar-refractivity contribution in [3.05, 3.63) is 0 Å². The fourth-order valence-corrected chi connectivity index (χ4v) is 1.64. The molecular weight excluding hydrogens is 206 g/mol. The zero-order valence-electron chi connectivity index (χ0n) is 10.8. The molecule has 4 nitrogen and oxygen atoms in total. The van der Waals surface area contributed by atoms with Crippen LogP contribution in [-0.4, -0.2) is 37.4 Å². The van der Waals surface area contributed by atoms with E-state index in [1.54, 1.807) is 7.11 Å². The average molecular weight is 231 g/mol. The lowest BCUT2D eigenvalue weighted by molar-refractivity contribution is -0.123. The van der Waals surface area contributed by atoms with Crippen molar-refractivity contribution < 1.29 is 14.6 Å². The highest BCUT2D eigenvalue weighted by atomic mass is 16.5. The van der Waals surface area contributed by atoms with Gasteiger partial charge in [0.25, 0.3) is 0 Å². The molecule has 0 radical (unpaired) electrons. The Morgan fingerprint density at radius 2 is 2.00 bits per heavy atom. The van der Waals surface area contributed by atoms with Crippen molar-refractivity contribution in [3.8, 4) is 0 Å². The summed E-state index contributed by atoms with van der Waals surface area (Å²) in [5.41, 5.74) is 0. The molecule has 0 aromatic heterocycles. The lowest BCUT2D eigenvalue weighted by atomic mass is 10.0. The van der Waals surface area contributed by atoms with Crippen LogP contribution in [0, 0.1) is 11.8 Å². The predicted octanol–water partition coefficient (Wildman–Crippen LogP) is 1.18. The van der Waals surface area contributed by atoms with E-state index in [1.165, 1.54) is 0 Å². The van der Waals surface area contributed by atoms with Gasteiger partial charge >= 0.3 is 0 Å². The molecule has 0 rings (SSSR count). The van der Waals surface area contributed by atoms with Crippen LogP contribution in [0.3, 0.4) is 0 Å². The Kier molecular flexibility index (Phi) is 8.21. The Balaban J connectivity index is 3.99. The topological polar surface area (TPSA) is 58.6 Å². The van der Waals surface area contributed by atoms with Crippen molar-refractivity contribution in [2.24, 2.45) is 11.8 Å². The van der Waals surface area contributed by atoms with E-state index in [4.69, 9.17) is 9.84 Å². The van der Waals surface area contributed by atoms with Gasteiger partial charge in [0.1, 0.15) is 0 Å². The highest BCUT2D eigenvalue weighted by Gasteiger charge is 2.17. The van der Waals surface area contributed by atoms with Gasteiger partial charge in [-0.25, -0.2) is 0 Å². The second kappa shape index (κ2) is 8.53. The number of hydrogen-bond donors (Lipinski definition) is 2. The first-order chi connectivity index (χ1) is 7.51. The molecule has 2 N–H and O–H groups in total. The fourth-order valence-electron chi connectivity index (χ4n) is 1.64. The van der Waals surface area contributed by atoms with Crippen molar-refractivity contribution in [2.75, 3.05) is 20.3 Å². The monoisotopic (exact) mass is 231 g/mol. The van der Waals surface area contributed by atoms with Crippen LogP contribution in [0.15, 0.2) is 0 Å². The van der Waals surface area contributed by atoms with Crippen molar-refractivity contribution in [2.45, 2.75) is 39.7 Å². The minimum Gasteiger partial charge on any atom is -0.396 e. The van der Waals surface area contributed by atoms with Crippen LogP contribution < -0.4 is 5.32 Å². The van der Waals surface area contributed by atoms with E-state index < -0.39 is 0 Å². The standard InChI is InChI=1S/C12H25NO3/c1-9(2)11(5-6-14)13-12(15)7-10(3)8-16-4/h9-11,14H,5-8H2,1-4H3,(H,13,15). The summed E-state index contributed by atoms with van der Waals surface area (Å²) in [6.45, 7) is 6.77. The van der Waals surface area contributed by atoms with Crippen LogP contribution >= 0.6 is 0 Å². The number of amides is 1. The summed E-state index contributed by atoms with van der Waals surface area (Å²) in [7, 11) is 1.64. The van der Waals surface area contributed by atoms with Crippen LogP contribution in [0.1, 0.15) is 33.6 Å². The van der Waals surface area contributed by atoms with Crippen molar-refractivity contribution >= 4 is 5.91 Å². The first kappa shape index (κ1) is 15.4. The van der Waals surface area contributed by atoms with Gasteiger partial charge in [-0.3, -0.25) is 4.79 Å². The third-order valence-electron chi connectivity index (χ3n) is 2.58. The van der Waals surface area contributed by atoms with E-state index in [0.29, 0.717) is 25.4 Å². The first-order valence-corrected chi connectivity index (χ1v) is 5.90. The van der Waals surface area contributed by atoms with Gasteiger partial charge in [-0.05, 0) is 18.3 Å². The number of aliphatic hydroxyl groups is 1. The number of nitrogens with one attached hydrogen (secondary N) is 1. The molecule has 0 bridgehead atoms. The van der Waals surface area contributed by atoms with E-state index in [0.717, 1.165) is 0 Å². The highest BCUT2D eigenvalue weighted by molar-refractivity contribution is 5.76. The summed E-state index contributed by atoms with van der Waals surface area (Å²) in [6, 6.07) is 0.0623. The van der Waals surface area contributed by atoms with Gasteiger partial charge in [-0.2, -0.15) is 0 Å². The maximum atomic E-state index is 11.7. The summed E-state index contributed by atoms with van der Waals surface area (Å²) in [4.78, 5) is 11.7. The predicted molar refractivity (Wildman–Crippen MR) is 64.1 cm³/mol. The molecule has 1 amide bonds. The second-order valence-electron chi connectivity index (χ2n) is 4.69. The van der Waals surface area contributed by atoms with Crippen LogP contribution in [0.4, 0.5) is 0 Å². The molecule has 16 heavy (non-hydrogen) atoms.